The van der Waals surface area contributed by atoms with E-state index in [4.69, 9.17) is 8.83 Å². The molecule has 11 aromatic carbocycles. The van der Waals surface area contributed by atoms with Gasteiger partial charge in [-0.25, -0.2) is 0 Å². The SMILES string of the molecule is c1ccc(-c2c3ccccc3c(-c3c(-c4ccc5ccccc5c4)cc(-c4ccc5oc6ccccc6c5c4)cc3-c3ccc4oc5ccccc5c4c3)c3ccccc23)cc1. The second-order valence-corrected chi connectivity index (χ2v) is 16.3. The Hall–Kier alpha value is -8.20. The molecule has 62 heavy (non-hydrogen) atoms. The zero-order valence-electron chi connectivity index (χ0n) is 33.6. The Kier molecular flexibility index (Phi) is 7.64. The predicted molar refractivity (Wildman–Crippen MR) is 261 cm³/mol. The van der Waals surface area contributed by atoms with Crippen LogP contribution in [0.25, 0.3) is 132 Å². The Bertz CT molecular complexity index is 3860. The van der Waals surface area contributed by atoms with E-state index in [9.17, 15) is 0 Å². The molecule has 0 aliphatic carbocycles. The van der Waals surface area contributed by atoms with Crippen LogP contribution in [0.5, 0.6) is 0 Å². The zero-order valence-corrected chi connectivity index (χ0v) is 33.6. The van der Waals surface area contributed by atoms with Gasteiger partial charge in [0, 0.05) is 21.5 Å². The molecule has 2 heteroatoms. The molecule has 2 heterocycles. The number of fused-ring (bicyclic) bond motifs is 9. The molecule has 288 valence electrons. The average Bonchev–Trinajstić information content (AvgIpc) is 3.91. The molecule has 0 bridgehead atoms. The highest BCUT2D eigenvalue weighted by molar-refractivity contribution is 6.24. The quantitative estimate of drug-likeness (QED) is 0.162. The number of hydrogen-bond donors (Lipinski definition) is 0. The molecule has 0 unspecified atom stereocenters. The van der Waals surface area contributed by atoms with E-state index in [-0.39, 0.29) is 0 Å². The highest BCUT2D eigenvalue weighted by atomic mass is 16.3. The Morgan fingerprint density at radius 1 is 0.210 bits per heavy atom. The van der Waals surface area contributed by atoms with Crippen molar-refractivity contribution < 1.29 is 8.83 Å². The van der Waals surface area contributed by atoms with Crippen LogP contribution in [0.4, 0.5) is 0 Å². The first-order valence-corrected chi connectivity index (χ1v) is 21.2. The summed E-state index contributed by atoms with van der Waals surface area (Å²) < 4.78 is 12.7. The lowest BCUT2D eigenvalue weighted by Crippen LogP contribution is -1.97. The van der Waals surface area contributed by atoms with E-state index in [1.807, 2.05) is 18.2 Å². The van der Waals surface area contributed by atoms with Crippen LogP contribution in [0, 0.1) is 0 Å². The van der Waals surface area contributed by atoms with Crippen LogP contribution in [-0.4, -0.2) is 0 Å². The fourth-order valence-corrected chi connectivity index (χ4v) is 10.0. The van der Waals surface area contributed by atoms with Crippen LogP contribution in [0.3, 0.4) is 0 Å². The average molecular weight is 789 g/mol. The largest absolute Gasteiger partial charge is 0.456 e. The Morgan fingerprint density at radius 3 is 1.26 bits per heavy atom. The molecule has 0 aliphatic heterocycles. The molecule has 0 saturated carbocycles. The lowest BCUT2D eigenvalue weighted by Gasteiger charge is -2.24. The highest BCUT2D eigenvalue weighted by Gasteiger charge is 2.24. The lowest BCUT2D eigenvalue weighted by molar-refractivity contribution is 0.668. The Morgan fingerprint density at radius 2 is 0.645 bits per heavy atom. The van der Waals surface area contributed by atoms with Gasteiger partial charge in [0.25, 0.3) is 0 Å². The van der Waals surface area contributed by atoms with Gasteiger partial charge in [-0.15, -0.1) is 0 Å². The van der Waals surface area contributed by atoms with E-state index >= 15 is 0 Å². The van der Waals surface area contributed by atoms with Gasteiger partial charge in [0.2, 0.25) is 0 Å². The second-order valence-electron chi connectivity index (χ2n) is 16.3. The van der Waals surface area contributed by atoms with Gasteiger partial charge in [0.15, 0.2) is 0 Å². The van der Waals surface area contributed by atoms with Crippen molar-refractivity contribution in [3.8, 4) is 55.6 Å². The van der Waals surface area contributed by atoms with E-state index in [1.54, 1.807) is 0 Å². The van der Waals surface area contributed by atoms with E-state index in [2.05, 4.69) is 200 Å². The molecule has 0 aliphatic rings. The summed E-state index contributed by atoms with van der Waals surface area (Å²) in [5.74, 6) is 0. The molecule has 13 aromatic rings. The van der Waals surface area contributed by atoms with Crippen molar-refractivity contribution in [2.24, 2.45) is 0 Å². The number of hydrogen-bond acceptors (Lipinski definition) is 2. The summed E-state index contributed by atoms with van der Waals surface area (Å²) in [5.41, 5.74) is 15.3. The maximum absolute atomic E-state index is 6.42. The molecule has 13 rings (SSSR count). The molecule has 2 aromatic heterocycles. The predicted octanol–water partition coefficient (Wildman–Crippen LogP) is 17.3. The summed E-state index contributed by atoms with van der Waals surface area (Å²) in [7, 11) is 0. The fourth-order valence-electron chi connectivity index (χ4n) is 10.0. The molecule has 0 saturated heterocycles. The van der Waals surface area contributed by atoms with Gasteiger partial charge in [-0.1, -0.05) is 164 Å². The lowest BCUT2D eigenvalue weighted by atomic mass is 9.79. The van der Waals surface area contributed by atoms with E-state index < -0.39 is 0 Å². The minimum atomic E-state index is 0.878. The first-order chi connectivity index (χ1) is 30.7. The minimum Gasteiger partial charge on any atom is -0.456 e. The maximum Gasteiger partial charge on any atom is 0.135 e. The Balaban J connectivity index is 1.20. The number of para-hydroxylation sites is 2. The van der Waals surface area contributed by atoms with Crippen LogP contribution >= 0.6 is 0 Å². The summed E-state index contributed by atoms with van der Waals surface area (Å²) in [6.07, 6.45) is 0. The fraction of sp³-hybridized carbons (Fsp3) is 0. The standard InChI is InChI=1S/C60H36O2/c1-2-15-38(16-3-1)58-46-20-6-8-22-48(46)59(49-23-9-7-21-47(49)58)60-50(41-27-26-37-14-4-5-17-39(37)32-41)35-43(40-28-30-56-52(33-40)44-18-10-12-24-54(44)61-56)36-51(60)42-29-31-57-53(34-42)45-19-11-13-25-55(45)62-57/h1-36H. The summed E-state index contributed by atoms with van der Waals surface area (Å²) in [6, 6.07) is 79.3. The molecule has 0 amide bonds. The summed E-state index contributed by atoms with van der Waals surface area (Å²) in [6.45, 7) is 0. The van der Waals surface area contributed by atoms with Gasteiger partial charge < -0.3 is 8.83 Å². The molecular formula is C60H36O2. The summed E-state index contributed by atoms with van der Waals surface area (Å²) >= 11 is 0. The van der Waals surface area contributed by atoms with Crippen molar-refractivity contribution in [2.45, 2.75) is 0 Å². The topological polar surface area (TPSA) is 26.3 Å². The van der Waals surface area contributed by atoms with E-state index in [1.165, 1.54) is 60.1 Å². The van der Waals surface area contributed by atoms with Gasteiger partial charge in [0.05, 0.1) is 0 Å². The van der Waals surface area contributed by atoms with Crippen LogP contribution in [0.1, 0.15) is 0 Å². The molecule has 0 spiro atoms. The first kappa shape index (κ1) is 34.6. The normalized spacial score (nSPS) is 11.9. The Labute approximate surface area is 357 Å². The van der Waals surface area contributed by atoms with Gasteiger partial charge in [-0.3, -0.25) is 0 Å². The first-order valence-electron chi connectivity index (χ1n) is 21.2. The zero-order chi connectivity index (χ0) is 40.7. The molecule has 2 nitrogen and oxygen atoms in total. The van der Waals surface area contributed by atoms with Gasteiger partial charge in [0.1, 0.15) is 22.3 Å². The number of benzene rings is 11. The van der Waals surface area contributed by atoms with Gasteiger partial charge in [-0.2, -0.15) is 0 Å². The van der Waals surface area contributed by atoms with Crippen LogP contribution in [0.2, 0.25) is 0 Å². The monoisotopic (exact) mass is 788 g/mol. The number of furan rings is 2. The molecule has 0 N–H and O–H groups in total. The summed E-state index contributed by atoms with van der Waals surface area (Å²) in [4.78, 5) is 0. The van der Waals surface area contributed by atoms with Crippen molar-refractivity contribution in [3.63, 3.8) is 0 Å². The molecule has 0 radical (unpaired) electrons. The van der Waals surface area contributed by atoms with Gasteiger partial charge >= 0.3 is 0 Å². The van der Waals surface area contributed by atoms with Crippen LogP contribution in [-0.2, 0) is 0 Å². The molecule has 0 atom stereocenters. The summed E-state index contributed by atoms with van der Waals surface area (Å²) in [5, 5.41) is 11.7. The third-order valence-corrected chi connectivity index (χ3v) is 12.8. The van der Waals surface area contributed by atoms with Crippen LogP contribution < -0.4 is 0 Å². The second kappa shape index (κ2) is 13.7. The third-order valence-electron chi connectivity index (χ3n) is 12.8. The number of rotatable bonds is 5. The smallest absolute Gasteiger partial charge is 0.135 e. The molecule has 0 fully saturated rings. The maximum atomic E-state index is 6.42. The van der Waals surface area contributed by atoms with Gasteiger partial charge in [-0.05, 0) is 143 Å². The van der Waals surface area contributed by atoms with Crippen molar-refractivity contribution in [1.29, 1.82) is 0 Å². The minimum absolute atomic E-state index is 0.878. The van der Waals surface area contributed by atoms with Crippen molar-refractivity contribution in [1.82, 2.24) is 0 Å². The molecular weight excluding hydrogens is 753 g/mol. The van der Waals surface area contributed by atoms with Crippen LogP contribution in [0.15, 0.2) is 227 Å². The van der Waals surface area contributed by atoms with Crippen molar-refractivity contribution in [2.75, 3.05) is 0 Å². The van der Waals surface area contributed by atoms with E-state index in [0.29, 0.717) is 0 Å². The van der Waals surface area contributed by atoms with E-state index in [0.717, 1.165) is 71.7 Å². The van der Waals surface area contributed by atoms with Crippen molar-refractivity contribution >= 4 is 76.2 Å². The van der Waals surface area contributed by atoms with Crippen molar-refractivity contribution in [3.05, 3.63) is 218 Å². The third kappa shape index (κ3) is 5.37. The highest BCUT2D eigenvalue weighted by Crippen LogP contribution is 2.51.